The monoisotopic (exact) mass is 416 g/mol. The first-order valence-corrected chi connectivity index (χ1v) is 12.5. The smallest absolute Gasteiger partial charge is 0.141 e. The Balaban J connectivity index is 1.41. The molecule has 0 spiro atoms. The molecule has 5 fully saturated rings. The number of ketones is 1. The van der Waals surface area contributed by atoms with Gasteiger partial charge in [0.2, 0.25) is 0 Å². The highest BCUT2D eigenvalue weighted by atomic mass is 16.6. The van der Waals surface area contributed by atoms with Gasteiger partial charge >= 0.3 is 0 Å². The van der Waals surface area contributed by atoms with Gasteiger partial charge in [0.25, 0.3) is 0 Å². The molecule has 0 bridgehead atoms. The molecule has 30 heavy (non-hydrogen) atoms. The number of aliphatic hydroxyl groups excluding tert-OH is 1. The normalized spacial score (nSPS) is 52.1. The number of oxime groups is 1. The van der Waals surface area contributed by atoms with Crippen LogP contribution in [0.1, 0.15) is 78.6 Å². The number of Topliss-reactive ketones (excluding diaryl/α,β-unsaturated/α-hetero) is 1. The van der Waals surface area contributed by atoms with Crippen molar-refractivity contribution >= 4 is 11.5 Å². The summed E-state index contributed by atoms with van der Waals surface area (Å²) >= 11 is 0. The van der Waals surface area contributed by atoms with E-state index in [1.54, 1.807) is 0 Å². The maximum absolute atomic E-state index is 12.7. The molecule has 5 heteroatoms. The Morgan fingerprint density at radius 2 is 2.00 bits per heavy atom. The fraction of sp³-hybridized carbons (Fsp3) is 0.920. The molecule has 1 aliphatic heterocycles. The number of carbonyl (C=O) groups excluding carboxylic acids is 1. The molecule has 1 saturated heterocycles. The fourth-order valence-electron chi connectivity index (χ4n) is 8.65. The van der Waals surface area contributed by atoms with Crippen molar-refractivity contribution in [1.82, 2.24) is 5.32 Å². The summed E-state index contributed by atoms with van der Waals surface area (Å²) in [4.78, 5) is 18.6. The molecule has 9 atom stereocenters. The van der Waals surface area contributed by atoms with E-state index in [0.29, 0.717) is 29.5 Å². The molecule has 0 amide bonds. The first-order chi connectivity index (χ1) is 14.4. The second-order valence-electron chi connectivity index (χ2n) is 11.4. The standard InChI is InChI=1S/C25H40N2O3/c1-4-16-20(27-30-15-9-12-26-14-15)8-11-25(3)19-7-10-24(2)18(5-6-22(24)29)17(19)13-21(28)23(16)25/h15-19,21,23,26,28H,4-14H2,1-3H3/b27-20+/t15-,16+,17+,18+,19+,21-,23?,24+,25-/m1/s1. The van der Waals surface area contributed by atoms with Crippen LogP contribution in [0.25, 0.3) is 0 Å². The number of hydrogen-bond acceptors (Lipinski definition) is 5. The van der Waals surface area contributed by atoms with E-state index in [1.807, 2.05) is 0 Å². The lowest BCUT2D eigenvalue weighted by atomic mass is 9.43. The van der Waals surface area contributed by atoms with Gasteiger partial charge in [-0.1, -0.05) is 25.9 Å². The average Bonchev–Trinajstić information content (AvgIpc) is 3.34. The predicted octanol–water partition coefficient (Wildman–Crippen LogP) is 3.94. The topological polar surface area (TPSA) is 70.9 Å². The summed E-state index contributed by atoms with van der Waals surface area (Å²) in [6.45, 7) is 8.82. The predicted molar refractivity (Wildman–Crippen MR) is 117 cm³/mol. The van der Waals surface area contributed by atoms with Crippen molar-refractivity contribution in [2.45, 2.75) is 90.8 Å². The lowest BCUT2D eigenvalue weighted by molar-refractivity contribution is -0.161. The minimum absolute atomic E-state index is 0.126. The Morgan fingerprint density at radius 1 is 1.17 bits per heavy atom. The highest BCUT2D eigenvalue weighted by Crippen LogP contribution is 2.66. The molecule has 4 saturated carbocycles. The first kappa shape index (κ1) is 20.9. The quantitative estimate of drug-likeness (QED) is 0.684. The minimum atomic E-state index is -0.294. The number of hydrogen-bond donors (Lipinski definition) is 2. The molecule has 0 aromatic carbocycles. The molecule has 168 valence electrons. The maximum atomic E-state index is 12.7. The van der Waals surface area contributed by atoms with Crippen molar-refractivity contribution in [3.63, 3.8) is 0 Å². The van der Waals surface area contributed by atoms with Gasteiger partial charge in [-0.15, -0.1) is 0 Å². The van der Waals surface area contributed by atoms with E-state index < -0.39 is 0 Å². The second-order valence-corrected chi connectivity index (χ2v) is 11.4. The summed E-state index contributed by atoms with van der Waals surface area (Å²) in [6, 6.07) is 0. The van der Waals surface area contributed by atoms with Crippen LogP contribution in [-0.2, 0) is 9.63 Å². The van der Waals surface area contributed by atoms with Crippen LogP contribution in [0.2, 0.25) is 0 Å². The van der Waals surface area contributed by atoms with Crippen molar-refractivity contribution in [1.29, 1.82) is 0 Å². The van der Waals surface area contributed by atoms with Gasteiger partial charge in [-0.2, -0.15) is 0 Å². The Kier molecular flexibility index (Phi) is 5.29. The van der Waals surface area contributed by atoms with Crippen molar-refractivity contribution < 1.29 is 14.7 Å². The molecule has 5 nitrogen and oxygen atoms in total. The molecule has 0 radical (unpaired) electrons. The first-order valence-electron chi connectivity index (χ1n) is 12.5. The zero-order valence-electron chi connectivity index (χ0n) is 19.0. The average molecular weight is 417 g/mol. The Bertz CT molecular complexity index is 717. The van der Waals surface area contributed by atoms with Crippen LogP contribution < -0.4 is 5.32 Å². The third kappa shape index (κ3) is 3.02. The fourth-order valence-corrected chi connectivity index (χ4v) is 8.65. The number of nitrogens with zero attached hydrogens (tertiary/aromatic N) is 1. The van der Waals surface area contributed by atoms with E-state index in [9.17, 15) is 9.90 Å². The number of rotatable bonds is 3. The summed E-state index contributed by atoms with van der Waals surface area (Å²) < 4.78 is 0. The summed E-state index contributed by atoms with van der Waals surface area (Å²) in [5, 5.41) is 19.5. The molecule has 1 unspecified atom stereocenters. The lowest BCUT2D eigenvalue weighted by Crippen LogP contribution is -2.60. The number of nitrogens with one attached hydrogen (secondary N) is 1. The van der Waals surface area contributed by atoms with E-state index in [2.05, 4.69) is 31.2 Å². The largest absolute Gasteiger partial charge is 0.393 e. The van der Waals surface area contributed by atoms with Gasteiger partial charge in [0.05, 0.1) is 11.8 Å². The van der Waals surface area contributed by atoms with E-state index in [1.165, 1.54) is 5.71 Å². The van der Waals surface area contributed by atoms with Crippen LogP contribution in [0.15, 0.2) is 5.16 Å². The van der Waals surface area contributed by atoms with Crippen LogP contribution >= 0.6 is 0 Å². The minimum Gasteiger partial charge on any atom is -0.393 e. The van der Waals surface area contributed by atoms with Crippen LogP contribution in [-0.4, -0.2) is 41.9 Å². The zero-order chi connectivity index (χ0) is 21.1. The van der Waals surface area contributed by atoms with Gasteiger partial charge < -0.3 is 15.3 Å². The highest BCUT2D eigenvalue weighted by molar-refractivity contribution is 5.88. The van der Waals surface area contributed by atoms with E-state index in [0.717, 1.165) is 70.9 Å². The van der Waals surface area contributed by atoms with E-state index in [4.69, 9.17) is 4.84 Å². The summed E-state index contributed by atoms with van der Waals surface area (Å²) in [7, 11) is 0. The molecule has 5 rings (SSSR count). The molecular weight excluding hydrogens is 376 g/mol. The molecule has 2 N–H and O–H groups in total. The zero-order valence-corrected chi connectivity index (χ0v) is 19.0. The van der Waals surface area contributed by atoms with Gasteiger partial charge in [-0.05, 0) is 80.6 Å². The Labute approximate surface area is 181 Å². The van der Waals surface area contributed by atoms with Crippen molar-refractivity contribution in [2.75, 3.05) is 13.1 Å². The van der Waals surface area contributed by atoms with Crippen LogP contribution in [0, 0.1) is 40.4 Å². The summed E-state index contributed by atoms with van der Waals surface area (Å²) in [6.07, 6.45) is 8.88. The van der Waals surface area contributed by atoms with E-state index >= 15 is 0 Å². The van der Waals surface area contributed by atoms with Gasteiger partial charge in [-0.25, -0.2) is 0 Å². The molecule has 5 aliphatic rings. The molecule has 0 aromatic heterocycles. The third-order valence-corrected chi connectivity index (χ3v) is 10.2. The Morgan fingerprint density at radius 3 is 2.73 bits per heavy atom. The summed E-state index contributed by atoms with van der Waals surface area (Å²) in [5.74, 6) is 2.67. The van der Waals surface area contributed by atoms with Gasteiger partial charge in [0.15, 0.2) is 0 Å². The number of fused-ring (bicyclic) bond motifs is 5. The van der Waals surface area contributed by atoms with Crippen molar-refractivity contribution in [3.05, 3.63) is 0 Å². The van der Waals surface area contributed by atoms with Crippen molar-refractivity contribution in [2.24, 2.45) is 45.6 Å². The van der Waals surface area contributed by atoms with E-state index in [-0.39, 0.29) is 29.0 Å². The van der Waals surface area contributed by atoms with Crippen LogP contribution in [0.5, 0.6) is 0 Å². The molecule has 4 aliphatic carbocycles. The number of carbonyl (C=O) groups is 1. The maximum Gasteiger partial charge on any atom is 0.141 e. The Hall–Kier alpha value is -0.940. The van der Waals surface area contributed by atoms with Gasteiger partial charge in [-0.3, -0.25) is 4.79 Å². The van der Waals surface area contributed by atoms with Crippen LogP contribution in [0.3, 0.4) is 0 Å². The second kappa shape index (κ2) is 7.58. The van der Waals surface area contributed by atoms with Crippen LogP contribution in [0.4, 0.5) is 0 Å². The van der Waals surface area contributed by atoms with Gasteiger partial charge in [0.1, 0.15) is 11.9 Å². The summed E-state index contributed by atoms with van der Waals surface area (Å²) in [5.41, 5.74) is 1.20. The third-order valence-electron chi connectivity index (χ3n) is 10.2. The van der Waals surface area contributed by atoms with Crippen molar-refractivity contribution in [3.8, 4) is 0 Å². The molecule has 1 heterocycles. The van der Waals surface area contributed by atoms with Gasteiger partial charge in [0, 0.05) is 30.7 Å². The number of aliphatic hydroxyl groups is 1. The molecular formula is C25H40N2O3. The highest BCUT2D eigenvalue weighted by Gasteiger charge is 2.63. The molecule has 0 aromatic rings. The lowest BCUT2D eigenvalue weighted by Gasteiger charge is -2.62. The SMILES string of the molecule is CC[C@H]1/C(=N/O[C@@H]2CCNC2)CC[C@@]2(C)C1[C@H](O)C[C@@H]1[C@@H]2CC[C@]2(C)C(=O)CC[C@@H]12.